The van der Waals surface area contributed by atoms with E-state index in [1.807, 2.05) is 36.4 Å². The normalized spacial score (nSPS) is 12.1. The maximum absolute atomic E-state index is 13.0. The lowest BCUT2D eigenvalue weighted by Gasteiger charge is -2.14. The molecule has 0 aliphatic rings. The van der Waals surface area contributed by atoms with Gasteiger partial charge in [-0.05, 0) is 35.9 Å². The van der Waals surface area contributed by atoms with Crippen LogP contribution in [0.15, 0.2) is 83.8 Å². The van der Waals surface area contributed by atoms with Gasteiger partial charge in [0.05, 0.1) is 27.2 Å². The molecule has 0 saturated heterocycles. The van der Waals surface area contributed by atoms with Crippen LogP contribution in [0.5, 0.6) is 0 Å². The minimum atomic E-state index is -4.66. The van der Waals surface area contributed by atoms with Crippen LogP contribution >= 0.6 is 0 Å². The number of para-hydroxylation sites is 2. The zero-order valence-electron chi connectivity index (χ0n) is 16.5. The van der Waals surface area contributed by atoms with Crippen LogP contribution in [0.1, 0.15) is 16.8 Å². The minimum Gasteiger partial charge on any atom is -0.290 e. The fraction of sp³-hybridized carbons (Fsp3) is 0.0909. The highest BCUT2D eigenvalue weighted by molar-refractivity contribution is 7.89. The van der Waals surface area contributed by atoms with Crippen molar-refractivity contribution >= 4 is 26.9 Å². The number of hydrogen-bond acceptors (Lipinski definition) is 5. The van der Waals surface area contributed by atoms with Crippen LogP contribution in [0.4, 0.5) is 19.0 Å². The summed E-state index contributed by atoms with van der Waals surface area (Å²) in [5, 5.41) is 0. The summed E-state index contributed by atoms with van der Waals surface area (Å²) in [6.07, 6.45) is -4.29. The number of hydrazine groups is 1. The van der Waals surface area contributed by atoms with E-state index in [0.717, 1.165) is 23.8 Å². The van der Waals surface area contributed by atoms with Gasteiger partial charge in [-0.3, -0.25) is 5.43 Å². The number of sulfonamides is 1. The molecule has 1 aromatic heterocycles. The Morgan fingerprint density at radius 3 is 2.16 bits per heavy atom. The van der Waals surface area contributed by atoms with Gasteiger partial charge in [0.2, 0.25) is 0 Å². The summed E-state index contributed by atoms with van der Waals surface area (Å²) in [5.74, 6) is 0.156. The summed E-state index contributed by atoms with van der Waals surface area (Å²) in [6.45, 7) is 0. The smallest absolute Gasteiger partial charge is 0.290 e. The number of benzene rings is 3. The molecule has 0 spiro atoms. The standard InChI is InChI=1S/C22H17F3N4O2S/c23-22(24,25)16-9-6-10-17(14-16)32(30,31)29-28-21-20(13-15-7-2-1-3-8-15)26-18-11-4-5-12-19(18)27-21/h1-12,14,29H,13H2,(H,27,28). The Morgan fingerprint density at radius 2 is 1.47 bits per heavy atom. The molecule has 4 aromatic rings. The lowest BCUT2D eigenvalue weighted by Crippen LogP contribution is -2.31. The van der Waals surface area contributed by atoms with Gasteiger partial charge in [-0.25, -0.2) is 18.4 Å². The Kier molecular flexibility index (Phi) is 5.81. The van der Waals surface area contributed by atoms with Crippen molar-refractivity contribution in [2.24, 2.45) is 0 Å². The lowest BCUT2D eigenvalue weighted by atomic mass is 10.1. The quantitative estimate of drug-likeness (QED) is 0.415. The largest absolute Gasteiger partial charge is 0.416 e. The second-order valence-electron chi connectivity index (χ2n) is 6.93. The van der Waals surface area contributed by atoms with Gasteiger partial charge < -0.3 is 0 Å². The Labute approximate surface area is 182 Å². The number of aromatic nitrogens is 2. The first-order valence-corrected chi connectivity index (χ1v) is 11.0. The number of nitrogens with zero attached hydrogens (tertiary/aromatic N) is 2. The second kappa shape index (κ2) is 8.56. The maximum Gasteiger partial charge on any atom is 0.416 e. The van der Waals surface area contributed by atoms with E-state index in [0.29, 0.717) is 29.2 Å². The Bertz CT molecular complexity index is 1360. The van der Waals surface area contributed by atoms with Crippen molar-refractivity contribution in [2.45, 2.75) is 17.5 Å². The zero-order valence-corrected chi connectivity index (χ0v) is 17.3. The van der Waals surface area contributed by atoms with Gasteiger partial charge in [-0.2, -0.15) is 13.2 Å². The van der Waals surface area contributed by atoms with Crippen molar-refractivity contribution in [3.63, 3.8) is 0 Å². The summed E-state index contributed by atoms with van der Waals surface area (Å²) < 4.78 is 64.2. The first-order chi connectivity index (χ1) is 15.2. The fourth-order valence-electron chi connectivity index (χ4n) is 3.06. The maximum atomic E-state index is 13.0. The van der Waals surface area contributed by atoms with Crippen LogP contribution in [0.25, 0.3) is 11.0 Å². The summed E-state index contributed by atoms with van der Waals surface area (Å²) in [6, 6.07) is 20.0. The highest BCUT2D eigenvalue weighted by atomic mass is 32.2. The summed E-state index contributed by atoms with van der Waals surface area (Å²) in [5.41, 5.74) is 4.04. The van der Waals surface area contributed by atoms with E-state index in [2.05, 4.69) is 20.2 Å². The highest BCUT2D eigenvalue weighted by Gasteiger charge is 2.31. The van der Waals surface area contributed by atoms with Crippen molar-refractivity contribution in [3.8, 4) is 0 Å². The van der Waals surface area contributed by atoms with Crippen LogP contribution in [0, 0.1) is 0 Å². The molecule has 0 fully saturated rings. The Hall–Kier alpha value is -3.50. The van der Waals surface area contributed by atoms with Crippen molar-refractivity contribution in [1.29, 1.82) is 0 Å². The lowest BCUT2D eigenvalue weighted by molar-refractivity contribution is -0.137. The highest BCUT2D eigenvalue weighted by Crippen LogP contribution is 2.30. The van der Waals surface area contributed by atoms with Crippen LogP contribution in [-0.2, 0) is 22.6 Å². The average molecular weight is 458 g/mol. The molecular formula is C22H17F3N4O2S. The SMILES string of the molecule is O=S(=O)(NNc1nc2ccccc2nc1Cc1ccccc1)c1cccc(C(F)(F)F)c1. The van der Waals surface area contributed by atoms with Gasteiger partial charge in [0.1, 0.15) is 0 Å². The molecule has 1 heterocycles. The van der Waals surface area contributed by atoms with E-state index in [1.165, 1.54) is 0 Å². The number of fused-ring (bicyclic) bond motifs is 1. The molecule has 0 aliphatic heterocycles. The molecule has 164 valence electrons. The first-order valence-electron chi connectivity index (χ1n) is 9.47. The Balaban J connectivity index is 1.65. The molecule has 0 saturated carbocycles. The monoisotopic (exact) mass is 458 g/mol. The molecule has 4 rings (SSSR count). The fourth-order valence-corrected chi connectivity index (χ4v) is 3.95. The zero-order chi connectivity index (χ0) is 22.8. The molecule has 32 heavy (non-hydrogen) atoms. The molecule has 10 heteroatoms. The van der Waals surface area contributed by atoms with Gasteiger partial charge in [-0.1, -0.05) is 48.5 Å². The van der Waals surface area contributed by atoms with Crippen LogP contribution in [-0.4, -0.2) is 18.4 Å². The molecule has 6 nitrogen and oxygen atoms in total. The van der Waals surface area contributed by atoms with E-state index in [9.17, 15) is 21.6 Å². The van der Waals surface area contributed by atoms with Crippen molar-refractivity contribution in [1.82, 2.24) is 14.8 Å². The Morgan fingerprint density at radius 1 is 0.812 bits per heavy atom. The van der Waals surface area contributed by atoms with Crippen molar-refractivity contribution < 1.29 is 21.6 Å². The third-order valence-corrected chi connectivity index (χ3v) is 5.88. The second-order valence-corrected chi connectivity index (χ2v) is 8.61. The van der Waals surface area contributed by atoms with Gasteiger partial charge >= 0.3 is 6.18 Å². The van der Waals surface area contributed by atoms with Crippen molar-refractivity contribution in [3.05, 3.63) is 95.7 Å². The number of rotatable bonds is 6. The molecule has 0 amide bonds. The predicted molar refractivity (Wildman–Crippen MR) is 114 cm³/mol. The number of halogens is 3. The number of anilines is 1. The summed E-state index contributed by atoms with van der Waals surface area (Å²) in [4.78, 5) is 10.6. The van der Waals surface area contributed by atoms with Crippen LogP contribution < -0.4 is 10.3 Å². The molecule has 0 bridgehead atoms. The van der Waals surface area contributed by atoms with Gasteiger partial charge in [0.25, 0.3) is 10.0 Å². The predicted octanol–water partition coefficient (Wildman–Crippen LogP) is 4.54. The van der Waals surface area contributed by atoms with Crippen LogP contribution in [0.3, 0.4) is 0 Å². The van der Waals surface area contributed by atoms with E-state index in [1.54, 1.807) is 18.2 Å². The molecule has 0 radical (unpaired) electrons. The van der Waals surface area contributed by atoms with Crippen molar-refractivity contribution in [2.75, 3.05) is 5.43 Å². The number of hydrogen-bond donors (Lipinski definition) is 2. The van der Waals surface area contributed by atoms with Gasteiger partial charge in [0.15, 0.2) is 5.82 Å². The molecule has 0 atom stereocenters. The molecule has 3 aromatic carbocycles. The van der Waals surface area contributed by atoms with E-state index in [-0.39, 0.29) is 5.82 Å². The number of nitrogens with one attached hydrogen (secondary N) is 2. The van der Waals surface area contributed by atoms with E-state index < -0.39 is 26.7 Å². The third kappa shape index (κ3) is 4.87. The topological polar surface area (TPSA) is 84.0 Å². The van der Waals surface area contributed by atoms with Gasteiger partial charge in [0, 0.05) is 6.42 Å². The molecule has 0 aliphatic carbocycles. The third-order valence-electron chi connectivity index (χ3n) is 4.63. The van der Waals surface area contributed by atoms with E-state index >= 15 is 0 Å². The number of alkyl halides is 3. The first kappa shape index (κ1) is 21.7. The minimum absolute atomic E-state index is 0.156. The van der Waals surface area contributed by atoms with Crippen LogP contribution in [0.2, 0.25) is 0 Å². The van der Waals surface area contributed by atoms with Gasteiger partial charge in [-0.15, -0.1) is 4.83 Å². The summed E-state index contributed by atoms with van der Waals surface area (Å²) in [7, 11) is -4.31. The molecule has 0 unspecified atom stereocenters. The average Bonchev–Trinajstić information content (AvgIpc) is 2.78. The summed E-state index contributed by atoms with van der Waals surface area (Å²) >= 11 is 0. The van der Waals surface area contributed by atoms with E-state index in [4.69, 9.17) is 0 Å². The molecule has 2 N–H and O–H groups in total. The molecular weight excluding hydrogens is 441 g/mol.